The Balaban J connectivity index is 2.44. The molecule has 7 heteroatoms. The van der Waals surface area contributed by atoms with Gasteiger partial charge in [-0.25, -0.2) is 4.79 Å². The van der Waals surface area contributed by atoms with Gasteiger partial charge in [0.05, 0.1) is 32.1 Å². The van der Waals surface area contributed by atoms with Crippen LogP contribution >= 0.6 is 0 Å². The minimum Gasteiger partial charge on any atom is -0.497 e. The lowest BCUT2D eigenvalue weighted by molar-refractivity contribution is -0.143. The van der Waals surface area contributed by atoms with Gasteiger partial charge in [0, 0.05) is 19.0 Å². The maximum Gasteiger partial charge on any atom is 0.339 e. The molecule has 1 N–H and O–H groups in total. The van der Waals surface area contributed by atoms with Crippen LogP contribution in [0.1, 0.15) is 34.5 Å². The van der Waals surface area contributed by atoms with Crippen molar-refractivity contribution in [2.45, 2.75) is 19.4 Å². The zero-order chi connectivity index (χ0) is 19.1. The zero-order valence-electron chi connectivity index (χ0n) is 15.0. The van der Waals surface area contributed by atoms with Crippen LogP contribution in [0.25, 0.3) is 0 Å². The first kappa shape index (κ1) is 19.2. The van der Waals surface area contributed by atoms with Gasteiger partial charge in [0.25, 0.3) is 0 Å². The van der Waals surface area contributed by atoms with Gasteiger partial charge in [-0.15, -0.1) is 0 Å². The zero-order valence-corrected chi connectivity index (χ0v) is 15.0. The number of hydrogen-bond acceptors (Lipinski definition) is 6. The number of carbonyl (C=O) groups is 2. The van der Waals surface area contributed by atoms with Crippen molar-refractivity contribution in [3.05, 3.63) is 53.3 Å². The molecular weight excluding hydrogens is 336 g/mol. The summed E-state index contributed by atoms with van der Waals surface area (Å²) in [5, 5.41) is 7.66. The number of esters is 2. The largest absolute Gasteiger partial charge is 0.497 e. The number of nitrogens with zero attached hydrogens (tertiary/aromatic N) is 1. The summed E-state index contributed by atoms with van der Waals surface area (Å²) in [6, 6.07) is 9.03. The number of rotatable bonds is 8. The van der Waals surface area contributed by atoms with E-state index < -0.39 is 17.9 Å². The van der Waals surface area contributed by atoms with Crippen molar-refractivity contribution < 1.29 is 23.8 Å². The Hall–Kier alpha value is -3.09. The van der Waals surface area contributed by atoms with Crippen LogP contribution in [-0.4, -0.2) is 43.5 Å². The van der Waals surface area contributed by atoms with Gasteiger partial charge < -0.3 is 24.2 Å². The molecule has 26 heavy (non-hydrogen) atoms. The third-order valence-corrected chi connectivity index (χ3v) is 3.93. The highest BCUT2D eigenvalue weighted by Crippen LogP contribution is 2.24. The van der Waals surface area contributed by atoms with Crippen LogP contribution in [0.5, 0.6) is 5.75 Å². The summed E-state index contributed by atoms with van der Waals surface area (Å²) in [7, 11) is 2.87. The van der Waals surface area contributed by atoms with Crippen molar-refractivity contribution in [2.75, 3.05) is 20.8 Å². The Labute approximate surface area is 152 Å². The molecule has 0 fully saturated rings. The quantitative estimate of drug-likeness (QED) is 0.579. The highest BCUT2D eigenvalue weighted by Gasteiger charge is 2.29. The van der Waals surface area contributed by atoms with E-state index in [0.717, 1.165) is 17.5 Å². The van der Waals surface area contributed by atoms with Crippen molar-refractivity contribution in [3.63, 3.8) is 0 Å². The van der Waals surface area contributed by atoms with Crippen molar-refractivity contribution in [1.29, 1.82) is 5.41 Å². The average molecular weight is 358 g/mol. The Morgan fingerprint density at radius 1 is 1.19 bits per heavy atom. The molecule has 1 aromatic heterocycles. The van der Waals surface area contributed by atoms with E-state index in [1.165, 1.54) is 7.11 Å². The molecule has 0 spiro atoms. The fourth-order valence-corrected chi connectivity index (χ4v) is 2.67. The predicted octanol–water partition coefficient (Wildman–Crippen LogP) is 2.63. The number of aromatic nitrogens is 1. The van der Waals surface area contributed by atoms with Gasteiger partial charge in [0.1, 0.15) is 11.7 Å². The maximum atomic E-state index is 12.3. The molecule has 2 rings (SSSR count). The normalized spacial score (nSPS) is 11.5. The fourth-order valence-electron chi connectivity index (χ4n) is 2.67. The lowest BCUT2D eigenvalue weighted by atomic mass is 10.0. The topological polar surface area (TPSA) is 90.6 Å². The van der Waals surface area contributed by atoms with E-state index in [9.17, 15) is 9.59 Å². The average Bonchev–Trinajstić information content (AvgIpc) is 3.06. The molecule has 1 heterocycles. The Morgan fingerprint density at radius 3 is 2.42 bits per heavy atom. The molecule has 0 saturated carbocycles. The summed E-state index contributed by atoms with van der Waals surface area (Å²) in [6.45, 7) is 2.30. The van der Waals surface area contributed by atoms with E-state index in [4.69, 9.17) is 19.6 Å². The van der Waals surface area contributed by atoms with Crippen LogP contribution < -0.4 is 4.74 Å². The van der Waals surface area contributed by atoms with Crippen molar-refractivity contribution in [2.24, 2.45) is 0 Å². The summed E-state index contributed by atoms with van der Waals surface area (Å²) >= 11 is 0. The van der Waals surface area contributed by atoms with Gasteiger partial charge in [0.15, 0.2) is 0 Å². The molecule has 0 aliphatic carbocycles. The molecule has 0 radical (unpaired) electrons. The van der Waals surface area contributed by atoms with E-state index in [-0.39, 0.29) is 12.2 Å². The predicted molar refractivity (Wildman–Crippen MR) is 96.0 cm³/mol. The number of nitrogens with one attached hydrogen (secondary N) is 1. The number of ether oxygens (including phenoxy) is 3. The van der Waals surface area contributed by atoms with Crippen LogP contribution in [0.2, 0.25) is 0 Å². The first-order valence-electron chi connectivity index (χ1n) is 8.13. The molecule has 1 aromatic carbocycles. The first-order chi connectivity index (χ1) is 12.5. The molecular formula is C19H22N2O5. The molecule has 1 atom stereocenters. The minimum absolute atomic E-state index is 0.190. The van der Waals surface area contributed by atoms with Gasteiger partial charge >= 0.3 is 11.9 Å². The first-order valence-corrected chi connectivity index (χ1v) is 8.13. The van der Waals surface area contributed by atoms with Crippen molar-refractivity contribution >= 4 is 18.2 Å². The molecule has 0 saturated heterocycles. The maximum absolute atomic E-state index is 12.3. The molecule has 0 bridgehead atoms. The molecule has 0 aliphatic rings. The van der Waals surface area contributed by atoms with Crippen molar-refractivity contribution in [1.82, 2.24) is 4.57 Å². The highest BCUT2D eigenvalue weighted by atomic mass is 16.5. The summed E-state index contributed by atoms with van der Waals surface area (Å²) < 4.78 is 16.8. The monoisotopic (exact) mass is 358 g/mol. The van der Waals surface area contributed by atoms with E-state index in [2.05, 4.69) is 0 Å². The van der Waals surface area contributed by atoms with Gasteiger partial charge in [0.2, 0.25) is 0 Å². The van der Waals surface area contributed by atoms with Crippen LogP contribution in [-0.2, 0) is 20.8 Å². The van der Waals surface area contributed by atoms with Crippen LogP contribution in [0, 0.1) is 5.41 Å². The number of benzene rings is 1. The van der Waals surface area contributed by atoms with Crippen LogP contribution in [0.15, 0.2) is 36.5 Å². The lowest BCUT2D eigenvalue weighted by Gasteiger charge is -2.17. The Morgan fingerprint density at radius 2 is 1.88 bits per heavy atom. The van der Waals surface area contributed by atoms with E-state index in [1.54, 1.807) is 30.9 Å². The third kappa shape index (κ3) is 4.11. The lowest BCUT2D eigenvalue weighted by Crippen LogP contribution is -2.23. The standard InChI is InChI=1S/C19H22N2O5/c1-4-26-19(23)16(11-20)17-15(18(22)25-3)9-10-21(17)12-13-5-7-14(24-2)8-6-13/h5-11,16,20H,4,12H2,1-3H3. The number of hydrogen-bond donors (Lipinski definition) is 1. The molecule has 7 nitrogen and oxygen atoms in total. The molecule has 0 aliphatic heterocycles. The van der Waals surface area contributed by atoms with Gasteiger partial charge in [-0.1, -0.05) is 12.1 Å². The summed E-state index contributed by atoms with van der Waals surface area (Å²) in [4.78, 5) is 24.4. The van der Waals surface area contributed by atoms with Crippen LogP contribution in [0.4, 0.5) is 0 Å². The van der Waals surface area contributed by atoms with Gasteiger partial charge in [-0.2, -0.15) is 0 Å². The van der Waals surface area contributed by atoms with Gasteiger partial charge in [-0.05, 0) is 30.7 Å². The number of carbonyl (C=O) groups excluding carboxylic acids is 2. The third-order valence-electron chi connectivity index (χ3n) is 3.93. The van der Waals surface area contributed by atoms with E-state index >= 15 is 0 Å². The van der Waals surface area contributed by atoms with Gasteiger partial charge in [-0.3, -0.25) is 4.79 Å². The second-order valence-electron chi connectivity index (χ2n) is 5.48. The SMILES string of the molecule is CCOC(=O)C(C=N)c1c(C(=O)OC)ccn1Cc1ccc(OC)cc1. The van der Waals surface area contributed by atoms with Crippen LogP contribution in [0.3, 0.4) is 0 Å². The summed E-state index contributed by atoms with van der Waals surface area (Å²) in [6.07, 6.45) is 2.67. The summed E-state index contributed by atoms with van der Waals surface area (Å²) in [5.74, 6) is -1.40. The molecule has 138 valence electrons. The molecule has 2 aromatic rings. The van der Waals surface area contributed by atoms with Crippen molar-refractivity contribution in [3.8, 4) is 5.75 Å². The number of methoxy groups -OCH3 is 2. The van der Waals surface area contributed by atoms with E-state index in [1.807, 2.05) is 24.3 Å². The minimum atomic E-state index is -0.989. The highest BCUT2D eigenvalue weighted by molar-refractivity contribution is 6.00. The second kappa shape index (κ2) is 8.84. The Bertz CT molecular complexity index is 780. The summed E-state index contributed by atoms with van der Waals surface area (Å²) in [5.41, 5.74) is 1.57. The Kier molecular flexibility index (Phi) is 6.54. The smallest absolute Gasteiger partial charge is 0.339 e. The molecule has 0 amide bonds. The molecule has 1 unspecified atom stereocenters. The fraction of sp³-hybridized carbons (Fsp3) is 0.316. The van der Waals surface area contributed by atoms with E-state index in [0.29, 0.717) is 12.2 Å². The second-order valence-corrected chi connectivity index (χ2v) is 5.48.